The number of aromatic nitrogens is 5. The third-order valence-corrected chi connectivity index (χ3v) is 5.83. The van der Waals surface area contributed by atoms with E-state index in [-0.39, 0.29) is 12.5 Å². The number of anilines is 1. The minimum Gasteiger partial charge on any atom is -0.484 e. The average molecular weight is 535 g/mol. The summed E-state index contributed by atoms with van der Waals surface area (Å²) >= 11 is 4.95. The summed E-state index contributed by atoms with van der Waals surface area (Å²) < 4.78 is 27.1. The van der Waals surface area contributed by atoms with E-state index in [4.69, 9.17) is 9.47 Å². The molecular formula is C22H24BrFN6O2S. The number of nitrogens with one attached hydrogen (secondary N) is 2. The third kappa shape index (κ3) is 5.53. The van der Waals surface area contributed by atoms with E-state index in [0.717, 1.165) is 25.8 Å². The number of halogens is 2. The van der Waals surface area contributed by atoms with Gasteiger partial charge in [-0.05, 0) is 46.9 Å². The van der Waals surface area contributed by atoms with E-state index < -0.39 is 6.67 Å². The van der Waals surface area contributed by atoms with Crippen molar-refractivity contribution >= 4 is 44.7 Å². The highest BCUT2D eigenvalue weighted by atomic mass is 79.9. The summed E-state index contributed by atoms with van der Waals surface area (Å²) in [5, 5.41) is 0.995. The lowest BCUT2D eigenvalue weighted by atomic mass is 10.1. The molecule has 4 aromatic rings. The number of rotatable bonds is 8. The molecule has 174 valence electrons. The molecule has 0 spiro atoms. The number of aryl methyl sites for hydroxylation is 1. The van der Waals surface area contributed by atoms with Gasteiger partial charge in [0.25, 0.3) is 5.88 Å². The number of methoxy groups -OCH3 is 1. The average Bonchev–Trinajstić information content (AvgIpc) is 3.26. The van der Waals surface area contributed by atoms with Crippen LogP contribution < -0.4 is 14.2 Å². The van der Waals surface area contributed by atoms with Crippen molar-refractivity contribution in [2.45, 2.75) is 25.7 Å². The van der Waals surface area contributed by atoms with Gasteiger partial charge in [0, 0.05) is 28.4 Å². The van der Waals surface area contributed by atoms with Crippen molar-refractivity contribution < 1.29 is 13.9 Å². The van der Waals surface area contributed by atoms with E-state index in [9.17, 15) is 4.39 Å². The molecule has 0 amide bonds. The number of nitrogens with zero attached hydrogens (tertiary/aromatic N) is 4. The molecule has 0 unspecified atom stereocenters. The molecule has 0 aliphatic heterocycles. The molecule has 11 heteroatoms. The molecule has 33 heavy (non-hydrogen) atoms. The summed E-state index contributed by atoms with van der Waals surface area (Å²) in [5.74, 6) is 1.56. The number of H-pyrrole nitrogens is 1. The van der Waals surface area contributed by atoms with Crippen LogP contribution in [0.2, 0.25) is 0 Å². The zero-order chi connectivity index (χ0) is 23.8. The molecule has 0 saturated heterocycles. The van der Waals surface area contributed by atoms with Crippen LogP contribution in [0.5, 0.6) is 11.6 Å². The van der Waals surface area contributed by atoms with Crippen molar-refractivity contribution in [3.63, 3.8) is 0 Å². The van der Waals surface area contributed by atoms with Gasteiger partial charge in [0.2, 0.25) is 11.7 Å². The number of hydrogen-bond donors (Lipinski definition) is 2. The Hall–Kier alpha value is -2.92. The Morgan fingerprint density at radius 3 is 2.64 bits per heavy atom. The summed E-state index contributed by atoms with van der Waals surface area (Å²) in [4.78, 5) is 21.7. The van der Waals surface area contributed by atoms with Crippen LogP contribution in [-0.2, 0) is 0 Å². The van der Waals surface area contributed by atoms with E-state index in [1.807, 2.05) is 32.2 Å². The monoisotopic (exact) mass is 534 g/mol. The van der Waals surface area contributed by atoms with Gasteiger partial charge in [0.1, 0.15) is 13.3 Å². The zero-order valence-corrected chi connectivity index (χ0v) is 21.1. The molecule has 2 N–H and O–H groups in total. The van der Waals surface area contributed by atoms with Crippen LogP contribution in [0, 0.1) is 6.92 Å². The van der Waals surface area contributed by atoms with Crippen LogP contribution in [0.15, 0.2) is 46.2 Å². The van der Waals surface area contributed by atoms with E-state index in [0.29, 0.717) is 23.2 Å². The van der Waals surface area contributed by atoms with Crippen LogP contribution in [0.3, 0.4) is 0 Å². The molecule has 4 rings (SSSR count). The first kappa shape index (κ1) is 24.7. The maximum Gasteiger partial charge on any atom is 0.262 e. The van der Waals surface area contributed by atoms with Crippen LogP contribution in [0.25, 0.3) is 22.3 Å². The highest BCUT2D eigenvalue weighted by Crippen LogP contribution is 2.37. The molecule has 8 nitrogen and oxygen atoms in total. The normalized spacial score (nSPS) is 10.5. The maximum absolute atomic E-state index is 12.5. The number of benzene rings is 1. The second-order valence-electron chi connectivity index (χ2n) is 6.28. The van der Waals surface area contributed by atoms with Gasteiger partial charge >= 0.3 is 0 Å². The first-order chi connectivity index (χ1) is 16.1. The summed E-state index contributed by atoms with van der Waals surface area (Å²) in [6.45, 7) is 5.06. The van der Waals surface area contributed by atoms with E-state index in [2.05, 4.69) is 45.6 Å². The molecular weight excluding hydrogens is 511 g/mol. The van der Waals surface area contributed by atoms with Gasteiger partial charge in [0.15, 0.2) is 5.82 Å². The van der Waals surface area contributed by atoms with Gasteiger partial charge in [-0.15, -0.1) is 0 Å². The number of fused-ring (bicyclic) bond motifs is 1. The lowest BCUT2D eigenvalue weighted by Crippen LogP contribution is -2.06. The molecule has 0 aliphatic carbocycles. The Morgan fingerprint density at radius 2 is 1.94 bits per heavy atom. The van der Waals surface area contributed by atoms with Gasteiger partial charge < -0.3 is 14.5 Å². The molecule has 3 aromatic heterocycles. The van der Waals surface area contributed by atoms with Crippen LogP contribution in [-0.4, -0.2) is 45.3 Å². The van der Waals surface area contributed by atoms with E-state index >= 15 is 0 Å². The van der Waals surface area contributed by atoms with Gasteiger partial charge in [-0.3, -0.25) is 4.72 Å². The van der Waals surface area contributed by atoms with E-state index in [1.165, 1.54) is 19.1 Å². The molecule has 0 bridgehead atoms. The summed E-state index contributed by atoms with van der Waals surface area (Å²) in [7, 11) is 1.48. The van der Waals surface area contributed by atoms with Crippen molar-refractivity contribution in [1.82, 2.24) is 24.9 Å². The van der Waals surface area contributed by atoms with Gasteiger partial charge in [-0.25, -0.2) is 19.3 Å². The number of ether oxygens (including phenoxy) is 2. The first-order valence-corrected chi connectivity index (χ1v) is 11.8. The molecule has 3 heterocycles. The summed E-state index contributed by atoms with van der Waals surface area (Å²) in [5.41, 5.74) is 2.34. The lowest BCUT2D eigenvalue weighted by Gasteiger charge is -2.12. The van der Waals surface area contributed by atoms with E-state index in [1.54, 1.807) is 25.4 Å². The summed E-state index contributed by atoms with van der Waals surface area (Å²) in [6.07, 6.45) is 5.31. The summed E-state index contributed by atoms with van der Waals surface area (Å²) in [6, 6.07) is 5.75. The Labute approximate surface area is 204 Å². The van der Waals surface area contributed by atoms with Crippen molar-refractivity contribution in [3.05, 3.63) is 47.0 Å². The first-order valence-electron chi connectivity index (χ1n) is 10.2. The lowest BCUT2D eigenvalue weighted by molar-refractivity contribution is 0.254. The standard InChI is InChI=1S/C20H18BrFN6O2S.C2H6/c1-11-17(30-9-6-22)19(29-2)27-20(26-11)28-31-14-10-25-16-12(14)4-5-13(21)15(16)18-23-7-3-8-24-18;1-2/h3-5,7-8,10,25H,6,9H2,1-2H3,(H,26,27,28);1-2H3. The fraction of sp³-hybridized carbons (Fsp3) is 0.273. The number of aromatic amines is 1. The third-order valence-electron chi connectivity index (χ3n) is 4.33. The Morgan fingerprint density at radius 1 is 1.18 bits per heavy atom. The van der Waals surface area contributed by atoms with Crippen molar-refractivity contribution in [2.24, 2.45) is 0 Å². The minimum atomic E-state index is -0.606. The van der Waals surface area contributed by atoms with Crippen molar-refractivity contribution in [2.75, 3.05) is 25.1 Å². The molecule has 0 fully saturated rings. The Bertz CT molecular complexity index is 1210. The predicted octanol–water partition coefficient (Wildman–Crippen LogP) is 5.99. The van der Waals surface area contributed by atoms with Crippen molar-refractivity contribution in [3.8, 4) is 23.0 Å². The second-order valence-corrected chi connectivity index (χ2v) is 7.99. The highest BCUT2D eigenvalue weighted by molar-refractivity contribution is 9.10. The largest absolute Gasteiger partial charge is 0.484 e. The topological polar surface area (TPSA) is 97.8 Å². The van der Waals surface area contributed by atoms with Crippen LogP contribution >= 0.6 is 27.9 Å². The van der Waals surface area contributed by atoms with Crippen molar-refractivity contribution in [1.29, 1.82) is 0 Å². The predicted molar refractivity (Wildman–Crippen MR) is 133 cm³/mol. The highest BCUT2D eigenvalue weighted by Gasteiger charge is 2.17. The Balaban J connectivity index is 0.00000149. The van der Waals surface area contributed by atoms with Gasteiger partial charge in [0.05, 0.1) is 28.8 Å². The molecule has 0 atom stereocenters. The Kier molecular flexibility index (Phi) is 8.84. The molecule has 0 aliphatic rings. The minimum absolute atomic E-state index is 0.0829. The second kappa shape index (κ2) is 11.8. The molecule has 0 radical (unpaired) electrons. The fourth-order valence-corrected chi connectivity index (χ4v) is 4.21. The quantitative estimate of drug-likeness (QED) is 0.266. The number of alkyl halides is 1. The SMILES string of the molecule is CC.COc1nc(NSc2c[nH]c3c(-c4ncccn4)c(Br)ccc23)nc(C)c1OCCF. The molecule has 1 aromatic carbocycles. The van der Waals surface area contributed by atoms with Gasteiger partial charge in [-0.1, -0.05) is 19.9 Å². The smallest absolute Gasteiger partial charge is 0.262 e. The van der Waals surface area contributed by atoms with Crippen LogP contribution in [0.4, 0.5) is 10.3 Å². The van der Waals surface area contributed by atoms with Gasteiger partial charge in [-0.2, -0.15) is 4.98 Å². The maximum atomic E-state index is 12.5. The fourth-order valence-electron chi connectivity index (χ4n) is 3.01. The number of hydrogen-bond acceptors (Lipinski definition) is 8. The molecule has 0 saturated carbocycles. The zero-order valence-electron chi connectivity index (χ0n) is 18.6. The van der Waals surface area contributed by atoms with Crippen LogP contribution in [0.1, 0.15) is 19.5 Å².